The van der Waals surface area contributed by atoms with Crippen molar-refractivity contribution in [3.8, 4) is 0 Å². The highest BCUT2D eigenvalue weighted by Gasteiger charge is 2.25. The Morgan fingerprint density at radius 1 is 1.45 bits per heavy atom. The van der Waals surface area contributed by atoms with Gasteiger partial charge in [0.15, 0.2) is 5.82 Å². The minimum absolute atomic E-state index is 0.0335. The molecule has 2 heterocycles. The number of nitrogens with two attached hydrogens (primary N) is 1. The van der Waals surface area contributed by atoms with Crippen molar-refractivity contribution in [2.45, 2.75) is 32.7 Å². The molecular weight excluding hydrogens is 286 g/mol. The molecule has 116 valence electrons. The highest BCUT2D eigenvalue weighted by molar-refractivity contribution is 5.92. The van der Waals surface area contributed by atoms with Crippen molar-refractivity contribution in [1.82, 2.24) is 24.8 Å². The number of anilines is 2. The molecule has 2 aromatic rings. The summed E-state index contributed by atoms with van der Waals surface area (Å²) < 4.78 is 2.58. The van der Waals surface area contributed by atoms with Gasteiger partial charge in [0.25, 0.3) is 5.91 Å². The number of carbonyl (C=O) groups is 2. The third-order valence-electron chi connectivity index (χ3n) is 3.85. The summed E-state index contributed by atoms with van der Waals surface area (Å²) in [6.45, 7) is 1.68. The molecule has 0 aliphatic heterocycles. The Bertz CT molecular complexity index is 714. The molecule has 0 saturated heterocycles. The van der Waals surface area contributed by atoms with Gasteiger partial charge in [-0.05, 0) is 19.8 Å². The molecule has 2 aromatic heterocycles. The molecule has 0 unspecified atom stereocenters. The summed E-state index contributed by atoms with van der Waals surface area (Å²) in [5.74, 6) is 0.0965. The van der Waals surface area contributed by atoms with Gasteiger partial charge >= 0.3 is 0 Å². The van der Waals surface area contributed by atoms with Crippen molar-refractivity contribution in [3.05, 3.63) is 18.1 Å². The third-order valence-corrected chi connectivity index (χ3v) is 3.85. The molecule has 1 fully saturated rings. The van der Waals surface area contributed by atoms with Crippen LogP contribution in [0.15, 0.2) is 12.4 Å². The van der Waals surface area contributed by atoms with Crippen molar-refractivity contribution in [2.24, 2.45) is 5.92 Å². The van der Waals surface area contributed by atoms with Crippen LogP contribution in [0.3, 0.4) is 0 Å². The summed E-state index contributed by atoms with van der Waals surface area (Å²) in [6, 6.07) is 0. The summed E-state index contributed by atoms with van der Waals surface area (Å²) in [5, 5.41) is 14.3. The Morgan fingerprint density at radius 3 is 2.82 bits per heavy atom. The molecular formula is C13H17N7O2. The molecule has 0 bridgehead atoms. The van der Waals surface area contributed by atoms with E-state index >= 15 is 0 Å². The molecule has 0 spiro atoms. The molecule has 3 rings (SSSR count). The van der Waals surface area contributed by atoms with E-state index in [0.29, 0.717) is 17.2 Å². The fourth-order valence-corrected chi connectivity index (χ4v) is 2.21. The molecule has 9 nitrogen and oxygen atoms in total. The lowest BCUT2D eigenvalue weighted by Gasteiger charge is -2.23. The van der Waals surface area contributed by atoms with Gasteiger partial charge in [-0.25, -0.2) is 9.36 Å². The topological polar surface area (TPSA) is 121 Å². The maximum Gasteiger partial charge on any atom is 0.268 e. The molecule has 0 aromatic carbocycles. The van der Waals surface area contributed by atoms with Crippen molar-refractivity contribution in [1.29, 1.82) is 0 Å². The molecule has 9 heteroatoms. The first kappa shape index (κ1) is 14.2. The van der Waals surface area contributed by atoms with Crippen molar-refractivity contribution in [3.63, 3.8) is 0 Å². The monoisotopic (exact) mass is 303 g/mol. The lowest BCUT2D eigenvalue weighted by Crippen LogP contribution is -2.28. The number of hydrogen-bond donors (Lipinski definition) is 2. The second kappa shape index (κ2) is 5.58. The van der Waals surface area contributed by atoms with Gasteiger partial charge < -0.3 is 11.1 Å². The molecule has 1 amide bonds. The fourth-order valence-electron chi connectivity index (χ4n) is 2.21. The maximum absolute atomic E-state index is 12.1. The van der Waals surface area contributed by atoms with Crippen LogP contribution in [0, 0.1) is 12.8 Å². The molecule has 0 radical (unpaired) electrons. The van der Waals surface area contributed by atoms with E-state index in [0.717, 1.165) is 19.3 Å². The zero-order valence-electron chi connectivity index (χ0n) is 12.2. The van der Waals surface area contributed by atoms with Crippen molar-refractivity contribution in [2.75, 3.05) is 11.1 Å². The first-order valence-corrected chi connectivity index (χ1v) is 7.09. The van der Waals surface area contributed by atoms with Crippen LogP contribution in [0.25, 0.3) is 0 Å². The first-order valence-electron chi connectivity index (χ1n) is 7.09. The van der Waals surface area contributed by atoms with Crippen molar-refractivity contribution >= 4 is 23.3 Å². The minimum Gasteiger partial charge on any atom is -0.396 e. The average molecular weight is 303 g/mol. The third kappa shape index (κ3) is 2.69. The second-order valence-electron chi connectivity index (χ2n) is 5.41. The van der Waals surface area contributed by atoms with Gasteiger partial charge in [0.2, 0.25) is 5.91 Å². The van der Waals surface area contributed by atoms with Gasteiger partial charge in [-0.3, -0.25) is 9.59 Å². The van der Waals surface area contributed by atoms with Gasteiger partial charge in [-0.1, -0.05) is 11.6 Å². The number of nitrogens with one attached hydrogen (secondary N) is 1. The lowest BCUT2D eigenvalue weighted by molar-refractivity contribution is -0.122. The van der Waals surface area contributed by atoms with E-state index < -0.39 is 0 Å². The number of amides is 1. The zero-order valence-corrected chi connectivity index (χ0v) is 12.2. The Hall–Kier alpha value is -2.71. The lowest BCUT2D eigenvalue weighted by atomic mass is 9.85. The highest BCUT2D eigenvalue weighted by atomic mass is 16.2. The van der Waals surface area contributed by atoms with Crippen LogP contribution in [0.1, 0.15) is 29.8 Å². The van der Waals surface area contributed by atoms with E-state index in [1.54, 1.807) is 6.92 Å². The van der Waals surface area contributed by atoms with E-state index in [2.05, 4.69) is 20.7 Å². The predicted molar refractivity (Wildman–Crippen MR) is 78.0 cm³/mol. The van der Waals surface area contributed by atoms with Crippen molar-refractivity contribution < 1.29 is 9.59 Å². The smallest absolute Gasteiger partial charge is 0.268 e. The van der Waals surface area contributed by atoms with E-state index in [1.807, 2.05) is 0 Å². The SMILES string of the molecule is Cc1c(N)cnn1C(=O)Cn1cc(NC(=O)C2CCC2)nn1. The number of carbonyl (C=O) groups excluding carboxylic acids is 2. The maximum atomic E-state index is 12.1. The van der Waals surface area contributed by atoms with Gasteiger partial charge in [0, 0.05) is 5.92 Å². The van der Waals surface area contributed by atoms with Gasteiger partial charge in [0.1, 0.15) is 6.54 Å². The number of nitrogens with zero attached hydrogens (tertiary/aromatic N) is 5. The summed E-state index contributed by atoms with van der Waals surface area (Å²) >= 11 is 0. The van der Waals surface area contributed by atoms with Gasteiger partial charge in [-0.15, -0.1) is 5.10 Å². The van der Waals surface area contributed by atoms with E-state index in [1.165, 1.54) is 21.8 Å². The molecule has 3 N–H and O–H groups in total. The summed E-state index contributed by atoms with van der Waals surface area (Å²) in [5.41, 5.74) is 6.71. The Labute approximate surface area is 126 Å². The van der Waals surface area contributed by atoms with Crippen LogP contribution in [0.4, 0.5) is 11.5 Å². The number of hydrogen-bond acceptors (Lipinski definition) is 6. The molecule has 1 aliphatic carbocycles. The van der Waals surface area contributed by atoms with Crippen LogP contribution in [-0.2, 0) is 11.3 Å². The first-order chi connectivity index (χ1) is 10.5. The van der Waals surface area contributed by atoms with Crippen LogP contribution in [0.2, 0.25) is 0 Å². The summed E-state index contributed by atoms with van der Waals surface area (Å²) in [7, 11) is 0. The normalized spacial score (nSPS) is 14.6. The molecule has 22 heavy (non-hydrogen) atoms. The van der Waals surface area contributed by atoms with E-state index in [4.69, 9.17) is 5.73 Å². The number of rotatable bonds is 4. The average Bonchev–Trinajstić information content (AvgIpc) is 2.96. The zero-order chi connectivity index (χ0) is 15.7. The molecule has 0 atom stereocenters. The predicted octanol–water partition coefficient (Wildman–Crippen LogP) is 0.444. The fraction of sp³-hybridized carbons (Fsp3) is 0.462. The number of nitrogen functional groups attached to an aromatic ring is 1. The standard InChI is InChI=1S/C13H17N7O2/c1-8-10(14)5-15-20(8)12(21)7-19-6-11(17-18-19)16-13(22)9-3-2-4-9/h5-6,9H,2-4,7,14H2,1H3,(H,16,22). The summed E-state index contributed by atoms with van der Waals surface area (Å²) in [6.07, 6.45) is 5.87. The number of aromatic nitrogens is 5. The Kier molecular flexibility index (Phi) is 3.61. The van der Waals surface area contributed by atoms with Gasteiger partial charge in [-0.2, -0.15) is 5.10 Å². The van der Waals surface area contributed by atoms with Gasteiger partial charge in [0.05, 0.1) is 23.8 Å². The second-order valence-corrected chi connectivity index (χ2v) is 5.41. The Balaban J connectivity index is 1.62. The van der Waals surface area contributed by atoms with E-state index in [-0.39, 0.29) is 24.3 Å². The minimum atomic E-state index is -0.282. The van der Waals surface area contributed by atoms with Crippen LogP contribution in [-0.4, -0.2) is 36.6 Å². The molecule has 1 saturated carbocycles. The largest absolute Gasteiger partial charge is 0.396 e. The van der Waals surface area contributed by atoms with Crippen LogP contribution >= 0.6 is 0 Å². The highest BCUT2D eigenvalue weighted by Crippen LogP contribution is 2.27. The summed E-state index contributed by atoms with van der Waals surface area (Å²) in [4.78, 5) is 23.9. The molecule has 1 aliphatic rings. The van der Waals surface area contributed by atoms with Crippen LogP contribution < -0.4 is 11.1 Å². The quantitative estimate of drug-likeness (QED) is 0.845. The Morgan fingerprint density at radius 2 is 2.23 bits per heavy atom. The van der Waals surface area contributed by atoms with Crippen LogP contribution in [0.5, 0.6) is 0 Å². The van der Waals surface area contributed by atoms with E-state index in [9.17, 15) is 9.59 Å².